The number of aromatic nitrogens is 1. The van der Waals surface area contributed by atoms with E-state index in [-0.39, 0.29) is 6.10 Å². The van der Waals surface area contributed by atoms with E-state index in [4.69, 9.17) is 18.9 Å². The van der Waals surface area contributed by atoms with Gasteiger partial charge < -0.3 is 24.3 Å². The molecular weight excluding hydrogens is 451 g/mol. The fourth-order valence-electron chi connectivity index (χ4n) is 3.31. The van der Waals surface area contributed by atoms with Gasteiger partial charge in [0.15, 0.2) is 0 Å². The van der Waals surface area contributed by atoms with Gasteiger partial charge in [0.2, 0.25) is 0 Å². The van der Waals surface area contributed by atoms with E-state index in [1.165, 1.54) is 25.4 Å². The van der Waals surface area contributed by atoms with Crippen molar-refractivity contribution in [1.82, 2.24) is 4.98 Å². The lowest BCUT2D eigenvalue weighted by Crippen LogP contribution is -2.18. The highest BCUT2D eigenvalue weighted by molar-refractivity contribution is 5.89. The van der Waals surface area contributed by atoms with Gasteiger partial charge in [0.05, 0.1) is 19.3 Å². The van der Waals surface area contributed by atoms with Crippen molar-refractivity contribution in [2.24, 2.45) is 0 Å². The lowest BCUT2D eigenvalue weighted by atomic mass is 10.1. The number of carbonyl (C=O) groups is 1. The number of esters is 1. The molecule has 1 N–H and O–H groups in total. The average molecular weight is 481 g/mol. The minimum atomic E-state index is -0.456. The van der Waals surface area contributed by atoms with Crippen LogP contribution in [0.3, 0.4) is 0 Å². The molecule has 0 saturated carbocycles. The van der Waals surface area contributed by atoms with Crippen LogP contribution >= 0.6 is 0 Å². The van der Waals surface area contributed by atoms with E-state index in [1.54, 1.807) is 37.4 Å². The molecule has 0 amide bonds. The molecule has 0 radical (unpaired) electrons. The number of hydrogen-bond donors (Lipinski definition) is 1. The Morgan fingerprint density at radius 2 is 1.86 bits per heavy atom. The lowest BCUT2D eigenvalue weighted by molar-refractivity contribution is 0.0600. The molecule has 1 aromatic heterocycles. The molecule has 184 valence electrons. The number of anilines is 1. The maximum atomic E-state index is 13.7. The van der Waals surface area contributed by atoms with E-state index >= 15 is 0 Å². The van der Waals surface area contributed by atoms with Gasteiger partial charge in [-0.15, -0.1) is 0 Å². The Morgan fingerprint density at radius 1 is 1.06 bits per heavy atom. The Labute approximate surface area is 204 Å². The smallest absolute Gasteiger partial charge is 0.339 e. The van der Waals surface area contributed by atoms with E-state index in [2.05, 4.69) is 10.3 Å². The van der Waals surface area contributed by atoms with Crippen LogP contribution in [0, 0.1) is 5.82 Å². The maximum absolute atomic E-state index is 13.7. The second-order valence-corrected chi connectivity index (χ2v) is 7.71. The zero-order chi connectivity index (χ0) is 25.2. The van der Waals surface area contributed by atoms with Gasteiger partial charge in [-0.1, -0.05) is 19.1 Å². The highest BCUT2D eigenvalue weighted by Crippen LogP contribution is 2.32. The van der Waals surface area contributed by atoms with E-state index in [9.17, 15) is 9.18 Å². The highest BCUT2D eigenvalue weighted by Gasteiger charge is 2.13. The number of nitrogens with one attached hydrogen (secondary N) is 1. The third-order valence-electron chi connectivity index (χ3n) is 4.82. The number of benzene rings is 2. The highest BCUT2D eigenvalue weighted by atomic mass is 19.1. The zero-order valence-corrected chi connectivity index (χ0v) is 20.2. The molecule has 0 aliphatic heterocycles. The van der Waals surface area contributed by atoms with Crippen LogP contribution in [0.1, 0.15) is 36.2 Å². The normalized spacial score (nSPS) is 12.1. The first-order chi connectivity index (χ1) is 16.9. The van der Waals surface area contributed by atoms with Gasteiger partial charge >= 0.3 is 5.97 Å². The summed E-state index contributed by atoms with van der Waals surface area (Å²) in [6.07, 6.45) is 3.99. The Balaban J connectivity index is 1.94. The number of methoxy groups -OCH3 is 2. The number of carbonyl (C=O) groups excluding carboxylic acids is 1. The van der Waals surface area contributed by atoms with Crippen molar-refractivity contribution in [3.05, 3.63) is 83.8 Å². The SMILES string of the molecule is CC/C=C(/Nc1ccc(C(=O)OC)cn1)c1cc(Oc2cccc(F)c2)cc(OC(C)COC)c1. The monoisotopic (exact) mass is 480 g/mol. The van der Waals surface area contributed by atoms with Crippen LogP contribution < -0.4 is 14.8 Å². The van der Waals surface area contributed by atoms with Crippen LogP contribution in [0.4, 0.5) is 10.2 Å². The van der Waals surface area contributed by atoms with Gasteiger partial charge in [-0.05, 0) is 49.7 Å². The minimum absolute atomic E-state index is 0.198. The number of ether oxygens (including phenoxy) is 4. The number of nitrogens with zero attached hydrogens (tertiary/aromatic N) is 1. The topological polar surface area (TPSA) is 78.9 Å². The molecule has 3 aromatic rings. The largest absolute Gasteiger partial charge is 0.488 e. The maximum Gasteiger partial charge on any atom is 0.339 e. The standard InChI is InChI=1S/C27H29FN2O5/c1-5-7-25(30-26-11-10-19(16-29-26)27(31)33-4)20-12-23(34-18(2)17-32-3)15-24(13-20)35-22-9-6-8-21(28)14-22/h6-16,18H,5,17H2,1-4H3,(H,29,30)/b25-7+. The second kappa shape index (κ2) is 12.5. The molecule has 0 aliphatic carbocycles. The third kappa shape index (κ3) is 7.55. The molecule has 2 aromatic carbocycles. The second-order valence-electron chi connectivity index (χ2n) is 7.71. The summed E-state index contributed by atoms with van der Waals surface area (Å²) in [5.41, 5.74) is 1.89. The summed E-state index contributed by atoms with van der Waals surface area (Å²) in [5.74, 6) is 1.11. The molecule has 1 heterocycles. The van der Waals surface area contributed by atoms with Crippen LogP contribution in [0.25, 0.3) is 5.70 Å². The number of pyridine rings is 1. The summed E-state index contributed by atoms with van der Waals surface area (Å²) in [6, 6.07) is 14.7. The Morgan fingerprint density at radius 3 is 2.51 bits per heavy atom. The van der Waals surface area contributed by atoms with Crippen molar-refractivity contribution >= 4 is 17.5 Å². The first kappa shape index (κ1) is 25.7. The van der Waals surface area contributed by atoms with Gasteiger partial charge in [-0.3, -0.25) is 0 Å². The van der Waals surface area contributed by atoms with Gasteiger partial charge in [0, 0.05) is 36.7 Å². The molecule has 35 heavy (non-hydrogen) atoms. The Kier molecular flexibility index (Phi) is 9.20. The van der Waals surface area contributed by atoms with Crippen LogP contribution in [0.15, 0.2) is 66.9 Å². The molecule has 1 unspecified atom stereocenters. The Hall–Kier alpha value is -3.91. The molecule has 3 rings (SSSR count). The fraction of sp³-hybridized carbons (Fsp3) is 0.259. The number of hydrogen-bond acceptors (Lipinski definition) is 7. The molecule has 0 spiro atoms. The Bertz CT molecular complexity index is 1160. The quantitative estimate of drug-likeness (QED) is 0.333. The van der Waals surface area contributed by atoms with E-state index in [0.29, 0.717) is 35.2 Å². The predicted octanol–water partition coefficient (Wildman–Crippen LogP) is 6.08. The minimum Gasteiger partial charge on any atom is -0.488 e. The number of halogens is 1. The van der Waals surface area contributed by atoms with Gasteiger partial charge in [-0.25, -0.2) is 14.2 Å². The fourth-order valence-corrected chi connectivity index (χ4v) is 3.31. The molecule has 0 aliphatic rings. The summed E-state index contributed by atoms with van der Waals surface area (Å²) in [6.45, 7) is 4.33. The van der Waals surface area contributed by atoms with Crippen LogP contribution in [-0.2, 0) is 9.47 Å². The van der Waals surface area contributed by atoms with Crippen molar-refractivity contribution in [2.75, 3.05) is 26.1 Å². The molecule has 0 bridgehead atoms. The van der Waals surface area contributed by atoms with Crippen molar-refractivity contribution in [3.8, 4) is 17.2 Å². The van der Waals surface area contributed by atoms with Crippen molar-refractivity contribution in [3.63, 3.8) is 0 Å². The van der Waals surface area contributed by atoms with Gasteiger partial charge in [-0.2, -0.15) is 0 Å². The lowest BCUT2D eigenvalue weighted by Gasteiger charge is -2.18. The molecule has 8 heteroatoms. The van der Waals surface area contributed by atoms with Crippen molar-refractivity contribution < 1.29 is 28.1 Å². The molecule has 7 nitrogen and oxygen atoms in total. The molecular formula is C27H29FN2O5. The van der Waals surface area contributed by atoms with Gasteiger partial charge in [0.1, 0.15) is 35.0 Å². The zero-order valence-electron chi connectivity index (χ0n) is 20.2. The van der Waals surface area contributed by atoms with Crippen LogP contribution in [0.5, 0.6) is 17.2 Å². The summed E-state index contributed by atoms with van der Waals surface area (Å²) >= 11 is 0. The third-order valence-corrected chi connectivity index (χ3v) is 4.82. The average Bonchev–Trinajstić information content (AvgIpc) is 2.83. The van der Waals surface area contributed by atoms with Crippen LogP contribution in [-0.4, -0.2) is 37.9 Å². The summed E-state index contributed by atoms with van der Waals surface area (Å²) in [5, 5.41) is 3.29. The van der Waals surface area contributed by atoms with E-state index in [1.807, 2.05) is 32.1 Å². The summed E-state index contributed by atoms with van der Waals surface area (Å²) in [7, 11) is 2.93. The first-order valence-corrected chi connectivity index (χ1v) is 11.2. The molecule has 0 fully saturated rings. The number of allylic oxidation sites excluding steroid dienone is 1. The summed E-state index contributed by atoms with van der Waals surface area (Å²) < 4.78 is 35.6. The van der Waals surface area contributed by atoms with Crippen molar-refractivity contribution in [1.29, 1.82) is 0 Å². The van der Waals surface area contributed by atoms with E-state index in [0.717, 1.165) is 17.7 Å². The molecule has 0 saturated heterocycles. The van der Waals surface area contributed by atoms with Crippen molar-refractivity contribution in [2.45, 2.75) is 26.4 Å². The number of rotatable bonds is 11. The predicted molar refractivity (Wildman–Crippen MR) is 132 cm³/mol. The molecule has 1 atom stereocenters. The van der Waals surface area contributed by atoms with Gasteiger partial charge in [0.25, 0.3) is 0 Å². The first-order valence-electron chi connectivity index (χ1n) is 11.2. The summed E-state index contributed by atoms with van der Waals surface area (Å²) in [4.78, 5) is 16.0. The van der Waals surface area contributed by atoms with Crippen LogP contribution in [0.2, 0.25) is 0 Å². The van der Waals surface area contributed by atoms with E-state index < -0.39 is 11.8 Å².